The molecule has 0 spiro atoms. The minimum Gasteiger partial charge on any atom is -0.492 e. The number of nitrogens with zero attached hydrogens (tertiary/aromatic N) is 2. The maximum Gasteiger partial charge on any atom is 0.319 e. The molecule has 2 amide bonds. The molecule has 1 aliphatic rings. The Kier molecular flexibility index (Phi) is 6.62. The third-order valence-corrected chi connectivity index (χ3v) is 4.30. The van der Waals surface area contributed by atoms with E-state index in [0.29, 0.717) is 29.6 Å². The molecule has 7 heteroatoms. The molecule has 2 atom stereocenters. The summed E-state index contributed by atoms with van der Waals surface area (Å²) in [5, 5.41) is 14.9. The Labute approximate surface area is 148 Å². The average molecular weight is 346 g/mol. The molecule has 25 heavy (non-hydrogen) atoms. The van der Waals surface area contributed by atoms with Crippen LogP contribution in [0.3, 0.4) is 0 Å². The number of urea groups is 1. The molecule has 0 radical (unpaired) electrons. The smallest absolute Gasteiger partial charge is 0.319 e. The number of anilines is 1. The van der Waals surface area contributed by atoms with Gasteiger partial charge in [-0.1, -0.05) is 0 Å². The molecule has 1 aromatic rings. The van der Waals surface area contributed by atoms with Gasteiger partial charge in [0.2, 0.25) is 0 Å². The monoisotopic (exact) mass is 346 g/mol. The summed E-state index contributed by atoms with van der Waals surface area (Å²) >= 11 is 0. The van der Waals surface area contributed by atoms with Crippen molar-refractivity contribution in [3.63, 3.8) is 0 Å². The topological polar surface area (TPSA) is 86.6 Å². The standard InChI is InChI=1S/C18H26N4O3/c1-5-25-16-7-6-14(8-13(16)9-19)20-18(23)21-15-10-22(12(2)3)11-17(15)24-4/h6-8,12,15,17H,5,10-11H2,1-4H3,(H2,20,21,23)/t15-,17-/m1/s1. The van der Waals surface area contributed by atoms with Crippen LogP contribution in [0.25, 0.3) is 0 Å². The Morgan fingerprint density at radius 2 is 2.20 bits per heavy atom. The van der Waals surface area contributed by atoms with Crippen molar-refractivity contribution in [1.82, 2.24) is 10.2 Å². The van der Waals surface area contributed by atoms with Gasteiger partial charge in [0.25, 0.3) is 0 Å². The molecule has 1 heterocycles. The van der Waals surface area contributed by atoms with Gasteiger partial charge < -0.3 is 20.1 Å². The minimum absolute atomic E-state index is 0.0388. The molecule has 0 aliphatic carbocycles. The number of hydrogen-bond donors (Lipinski definition) is 2. The Morgan fingerprint density at radius 1 is 1.44 bits per heavy atom. The molecular formula is C18H26N4O3. The van der Waals surface area contributed by atoms with Crippen LogP contribution in [-0.2, 0) is 4.74 Å². The SMILES string of the molecule is CCOc1ccc(NC(=O)N[C@@H]2CN(C(C)C)C[C@H]2OC)cc1C#N. The Balaban J connectivity index is 1.99. The summed E-state index contributed by atoms with van der Waals surface area (Å²) in [6.07, 6.45) is -0.0388. The first kappa shape index (κ1) is 19.0. The maximum absolute atomic E-state index is 12.3. The number of carbonyl (C=O) groups is 1. The van der Waals surface area contributed by atoms with E-state index in [-0.39, 0.29) is 18.2 Å². The van der Waals surface area contributed by atoms with E-state index in [2.05, 4.69) is 35.5 Å². The van der Waals surface area contributed by atoms with E-state index in [4.69, 9.17) is 9.47 Å². The summed E-state index contributed by atoms with van der Waals surface area (Å²) in [4.78, 5) is 14.6. The first-order valence-corrected chi connectivity index (χ1v) is 8.49. The molecule has 0 aromatic heterocycles. The molecule has 7 nitrogen and oxygen atoms in total. The van der Waals surface area contributed by atoms with Crippen molar-refractivity contribution in [2.24, 2.45) is 0 Å². The summed E-state index contributed by atoms with van der Waals surface area (Å²) < 4.78 is 10.9. The number of amides is 2. The van der Waals surface area contributed by atoms with Crippen LogP contribution in [0.2, 0.25) is 0 Å². The number of likely N-dealkylation sites (tertiary alicyclic amines) is 1. The molecule has 136 valence electrons. The molecule has 1 aliphatic heterocycles. The predicted molar refractivity (Wildman–Crippen MR) is 95.8 cm³/mol. The van der Waals surface area contributed by atoms with E-state index in [1.54, 1.807) is 25.3 Å². The summed E-state index contributed by atoms with van der Waals surface area (Å²) in [5.74, 6) is 0.513. The Morgan fingerprint density at radius 3 is 2.80 bits per heavy atom. The van der Waals surface area contributed by atoms with Crippen LogP contribution < -0.4 is 15.4 Å². The summed E-state index contributed by atoms with van der Waals surface area (Å²) in [5.41, 5.74) is 0.937. The van der Waals surface area contributed by atoms with Gasteiger partial charge in [0.15, 0.2) is 0 Å². The highest BCUT2D eigenvalue weighted by Gasteiger charge is 2.34. The van der Waals surface area contributed by atoms with Gasteiger partial charge in [-0.3, -0.25) is 4.90 Å². The third kappa shape index (κ3) is 4.84. The fourth-order valence-corrected chi connectivity index (χ4v) is 2.91. The van der Waals surface area contributed by atoms with Gasteiger partial charge in [-0.15, -0.1) is 0 Å². The van der Waals surface area contributed by atoms with Crippen LogP contribution in [0.1, 0.15) is 26.3 Å². The average Bonchev–Trinajstić information content (AvgIpc) is 2.99. The van der Waals surface area contributed by atoms with E-state index < -0.39 is 0 Å². The van der Waals surface area contributed by atoms with Crippen molar-refractivity contribution in [3.05, 3.63) is 23.8 Å². The number of carbonyl (C=O) groups excluding carboxylic acids is 1. The van der Waals surface area contributed by atoms with Crippen LogP contribution in [0, 0.1) is 11.3 Å². The van der Waals surface area contributed by atoms with Crippen LogP contribution in [0.5, 0.6) is 5.75 Å². The lowest BCUT2D eigenvalue weighted by molar-refractivity contribution is 0.0896. The summed E-state index contributed by atoms with van der Waals surface area (Å²) in [7, 11) is 1.66. The third-order valence-electron chi connectivity index (χ3n) is 4.30. The fraction of sp³-hybridized carbons (Fsp3) is 0.556. The van der Waals surface area contributed by atoms with Crippen LogP contribution in [0.15, 0.2) is 18.2 Å². The molecule has 1 aromatic carbocycles. The number of rotatable bonds is 6. The van der Waals surface area contributed by atoms with Gasteiger partial charge in [0, 0.05) is 31.9 Å². The summed E-state index contributed by atoms with van der Waals surface area (Å²) in [6, 6.07) is 7.09. The van der Waals surface area contributed by atoms with E-state index >= 15 is 0 Å². The molecule has 0 saturated carbocycles. The number of hydrogen-bond acceptors (Lipinski definition) is 5. The normalized spacial score (nSPS) is 20.3. The van der Waals surface area contributed by atoms with Crippen molar-refractivity contribution in [2.75, 3.05) is 32.1 Å². The van der Waals surface area contributed by atoms with Crippen molar-refractivity contribution < 1.29 is 14.3 Å². The lowest BCUT2D eigenvalue weighted by Crippen LogP contribution is -2.45. The number of nitriles is 1. The Bertz CT molecular complexity index is 642. The van der Waals surface area contributed by atoms with Gasteiger partial charge in [-0.2, -0.15) is 5.26 Å². The minimum atomic E-state index is -0.314. The molecule has 2 rings (SSSR count). The van der Waals surface area contributed by atoms with Crippen LogP contribution in [-0.4, -0.2) is 55.9 Å². The quantitative estimate of drug-likeness (QED) is 0.824. The molecule has 0 unspecified atom stereocenters. The number of benzene rings is 1. The van der Waals surface area contributed by atoms with Crippen molar-refractivity contribution in [3.8, 4) is 11.8 Å². The zero-order valence-electron chi connectivity index (χ0n) is 15.2. The Hall–Kier alpha value is -2.30. The molecule has 1 saturated heterocycles. The van der Waals surface area contributed by atoms with Crippen LogP contribution in [0.4, 0.5) is 10.5 Å². The molecule has 2 N–H and O–H groups in total. The van der Waals surface area contributed by atoms with E-state index in [9.17, 15) is 10.1 Å². The second-order valence-electron chi connectivity index (χ2n) is 6.28. The van der Waals surface area contributed by atoms with Crippen molar-refractivity contribution >= 4 is 11.7 Å². The highest BCUT2D eigenvalue weighted by Crippen LogP contribution is 2.22. The summed E-state index contributed by atoms with van der Waals surface area (Å²) in [6.45, 7) is 8.12. The highest BCUT2D eigenvalue weighted by atomic mass is 16.5. The second-order valence-corrected chi connectivity index (χ2v) is 6.28. The van der Waals surface area contributed by atoms with Gasteiger partial charge in [-0.05, 0) is 39.0 Å². The van der Waals surface area contributed by atoms with E-state index in [0.717, 1.165) is 13.1 Å². The number of nitrogens with one attached hydrogen (secondary N) is 2. The van der Waals surface area contributed by atoms with Gasteiger partial charge in [0.1, 0.15) is 11.8 Å². The molecule has 1 fully saturated rings. The van der Waals surface area contributed by atoms with Gasteiger partial charge in [-0.25, -0.2) is 4.79 Å². The largest absolute Gasteiger partial charge is 0.492 e. The zero-order valence-corrected chi connectivity index (χ0v) is 15.2. The van der Waals surface area contributed by atoms with Crippen molar-refractivity contribution in [1.29, 1.82) is 5.26 Å². The van der Waals surface area contributed by atoms with E-state index in [1.165, 1.54) is 0 Å². The van der Waals surface area contributed by atoms with E-state index in [1.807, 2.05) is 6.92 Å². The number of methoxy groups -OCH3 is 1. The van der Waals surface area contributed by atoms with Crippen LogP contribution >= 0.6 is 0 Å². The zero-order chi connectivity index (χ0) is 18.4. The second kappa shape index (κ2) is 8.70. The number of ether oxygens (including phenoxy) is 2. The fourth-order valence-electron chi connectivity index (χ4n) is 2.91. The first-order valence-electron chi connectivity index (χ1n) is 8.49. The predicted octanol–water partition coefficient (Wildman–Crippen LogP) is 2.19. The molecule has 0 bridgehead atoms. The van der Waals surface area contributed by atoms with Gasteiger partial charge >= 0.3 is 6.03 Å². The maximum atomic E-state index is 12.3. The molecular weight excluding hydrogens is 320 g/mol. The lowest BCUT2D eigenvalue weighted by atomic mass is 10.2. The van der Waals surface area contributed by atoms with Gasteiger partial charge in [0.05, 0.1) is 24.3 Å². The first-order chi connectivity index (χ1) is 12.0. The van der Waals surface area contributed by atoms with Crippen molar-refractivity contribution in [2.45, 2.75) is 39.0 Å². The lowest BCUT2D eigenvalue weighted by Gasteiger charge is -2.20. The highest BCUT2D eigenvalue weighted by molar-refractivity contribution is 5.89.